The number of benzene rings is 9. The van der Waals surface area contributed by atoms with E-state index >= 15 is 0 Å². The maximum absolute atomic E-state index is 6.57. The van der Waals surface area contributed by atoms with Gasteiger partial charge in [0.15, 0.2) is 0 Å². The van der Waals surface area contributed by atoms with Gasteiger partial charge in [0.2, 0.25) is 0 Å². The quantitative estimate of drug-likeness (QED) is 0.0796. The van der Waals surface area contributed by atoms with E-state index in [0.29, 0.717) is 0 Å². The van der Waals surface area contributed by atoms with E-state index in [9.17, 15) is 0 Å². The maximum atomic E-state index is 6.57. The molecule has 9 aromatic carbocycles. The van der Waals surface area contributed by atoms with Gasteiger partial charge in [-0.25, -0.2) is 0 Å². The van der Waals surface area contributed by atoms with E-state index in [0.717, 1.165) is 89.8 Å². The van der Waals surface area contributed by atoms with Crippen LogP contribution in [-0.2, 0) is 5.41 Å². The van der Waals surface area contributed by atoms with Crippen LogP contribution in [-0.4, -0.2) is 0 Å². The van der Waals surface area contributed by atoms with Crippen molar-refractivity contribution in [3.63, 3.8) is 0 Å². The van der Waals surface area contributed by atoms with Crippen LogP contribution in [0.2, 0.25) is 0 Å². The fourth-order valence-corrected chi connectivity index (χ4v) is 10.1. The first-order chi connectivity index (χ1) is 35.0. The van der Waals surface area contributed by atoms with E-state index in [2.05, 4.69) is 231 Å². The second-order valence-electron chi connectivity index (χ2n) is 17.5. The van der Waals surface area contributed by atoms with Crippen LogP contribution < -0.4 is 9.64 Å². The molecule has 9 aromatic rings. The highest BCUT2D eigenvalue weighted by Gasteiger charge is 2.47. The second kappa shape index (κ2) is 20.6. The van der Waals surface area contributed by atoms with Gasteiger partial charge in [-0.1, -0.05) is 201 Å². The molecule has 0 N–H and O–H groups in total. The van der Waals surface area contributed by atoms with E-state index < -0.39 is 5.41 Å². The number of allylic oxidation sites excluding steroid dienone is 9. The Kier molecular flexibility index (Phi) is 13.2. The molecule has 1 aliphatic carbocycles. The summed E-state index contributed by atoms with van der Waals surface area (Å²) in [6.45, 7) is 8.24. The van der Waals surface area contributed by atoms with Crippen LogP contribution in [0.25, 0.3) is 50.1 Å². The number of anilines is 3. The van der Waals surface area contributed by atoms with Crippen molar-refractivity contribution in [2.75, 3.05) is 4.90 Å². The van der Waals surface area contributed by atoms with Crippen LogP contribution in [0.1, 0.15) is 36.1 Å². The van der Waals surface area contributed by atoms with Gasteiger partial charge in [0.05, 0.1) is 5.41 Å². The molecule has 71 heavy (non-hydrogen) atoms. The molecule has 0 saturated carbocycles. The number of nitrogens with zero attached hydrogens (tertiary/aromatic N) is 1. The Morgan fingerprint density at radius 2 is 1.13 bits per heavy atom. The van der Waals surface area contributed by atoms with Gasteiger partial charge < -0.3 is 9.64 Å². The zero-order valence-electron chi connectivity index (χ0n) is 40.0. The number of fused-ring (bicyclic) bond motifs is 3. The lowest BCUT2D eigenvalue weighted by atomic mass is 9.66. The number of terminal acetylenes is 1. The molecule has 340 valence electrons. The third-order valence-corrected chi connectivity index (χ3v) is 13.4. The average molecular weight is 912 g/mol. The molecule has 0 bridgehead atoms. The predicted octanol–water partition coefficient (Wildman–Crippen LogP) is 18.5. The van der Waals surface area contributed by atoms with Crippen LogP contribution in [0.3, 0.4) is 0 Å². The SMILES string of the molecule is C#CC=CC(=CC)C1(c2ccccc2)c2cc(-c3ccccc3Oc3ccccc3)ccc2-c2ccc(N(c3ccc(-c4cccc(C(C=C)=CC=CC)c4)cc3)c3cccc(-c4ccccc4)c3)cc21. The minimum absolute atomic E-state index is 0.757. The molecule has 2 heteroatoms. The molecule has 1 atom stereocenters. The predicted molar refractivity (Wildman–Crippen MR) is 300 cm³/mol. The number of hydrogen-bond donors (Lipinski definition) is 0. The Balaban J connectivity index is 1.17. The first-order valence-corrected chi connectivity index (χ1v) is 24.1. The topological polar surface area (TPSA) is 12.5 Å². The van der Waals surface area contributed by atoms with E-state index in [1.807, 2.05) is 67.6 Å². The van der Waals surface area contributed by atoms with Crippen molar-refractivity contribution in [1.29, 1.82) is 0 Å². The molecule has 10 rings (SSSR count). The summed E-state index contributed by atoms with van der Waals surface area (Å²) in [6.07, 6.45) is 20.3. The monoisotopic (exact) mass is 911 g/mol. The fourth-order valence-electron chi connectivity index (χ4n) is 10.1. The first kappa shape index (κ1) is 45.6. The molecule has 1 aliphatic rings. The van der Waals surface area contributed by atoms with Gasteiger partial charge in [-0.15, -0.1) is 6.42 Å². The van der Waals surface area contributed by atoms with Crippen molar-refractivity contribution in [1.82, 2.24) is 0 Å². The van der Waals surface area contributed by atoms with Crippen LogP contribution in [0, 0.1) is 12.3 Å². The van der Waals surface area contributed by atoms with E-state index in [-0.39, 0.29) is 0 Å². The molecular weight excluding hydrogens is 859 g/mol. The third kappa shape index (κ3) is 8.90. The Bertz CT molecular complexity index is 3530. The van der Waals surface area contributed by atoms with Gasteiger partial charge in [-0.2, -0.15) is 0 Å². The highest BCUT2D eigenvalue weighted by atomic mass is 16.5. The smallest absolute Gasteiger partial charge is 0.135 e. The summed E-state index contributed by atoms with van der Waals surface area (Å²) >= 11 is 0. The van der Waals surface area contributed by atoms with Gasteiger partial charge in [-0.05, 0) is 165 Å². The Morgan fingerprint density at radius 1 is 0.535 bits per heavy atom. The first-order valence-electron chi connectivity index (χ1n) is 24.1. The summed E-state index contributed by atoms with van der Waals surface area (Å²) < 4.78 is 6.57. The van der Waals surface area contributed by atoms with Gasteiger partial charge in [-0.3, -0.25) is 0 Å². The summed E-state index contributed by atoms with van der Waals surface area (Å²) in [5.74, 6) is 4.38. The summed E-state index contributed by atoms with van der Waals surface area (Å²) in [7, 11) is 0. The Morgan fingerprint density at radius 3 is 1.85 bits per heavy atom. The highest BCUT2D eigenvalue weighted by molar-refractivity contribution is 5.92. The van der Waals surface area contributed by atoms with E-state index in [1.165, 1.54) is 16.7 Å². The molecule has 0 spiro atoms. The normalized spacial score (nSPS) is 14.2. The molecule has 0 fully saturated rings. The largest absolute Gasteiger partial charge is 0.457 e. The van der Waals surface area contributed by atoms with Gasteiger partial charge in [0.25, 0.3) is 0 Å². The molecule has 0 amide bonds. The molecule has 0 heterocycles. The number of ether oxygens (including phenoxy) is 1. The van der Waals surface area contributed by atoms with Crippen LogP contribution >= 0.6 is 0 Å². The van der Waals surface area contributed by atoms with Crippen LogP contribution in [0.4, 0.5) is 17.1 Å². The third-order valence-electron chi connectivity index (χ3n) is 13.4. The van der Waals surface area contributed by atoms with E-state index in [4.69, 9.17) is 11.2 Å². The fraction of sp³-hybridized carbons (Fsp3) is 0.0435. The van der Waals surface area contributed by atoms with Gasteiger partial charge in [0, 0.05) is 22.6 Å². The summed E-state index contributed by atoms with van der Waals surface area (Å²) in [5.41, 5.74) is 18.0. The zero-order chi connectivity index (χ0) is 48.6. The minimum Gasteiger partial charge on any atom is -0.457 e. The minimum atomic E-state index is -0.757. The van der Waals surface area contributed by atoms with Crippen LogP contribution in [0.15, 0.2) is 279 Å². The molecule has 0 saturated heterocycles. The molecule has 0 aromatic heterocycles. The van der Waals surface area contributed by atoms with Crippen molar-refractivity contribution in [3.05, 3.63) is 301 Å². The van der Waals surface area contributed by atoms with Crippen molar-refractivity contribution >= 4 is 22.6 Å². The van der Waals surface area contributed by atoms with Crippen molar-refractivity contribution in [3.8, 4) is 68.4 Å². The summed E-state index contributed by atoms with van der Waals surface area (Å²) in [4.78, 5) is 2.39. The number of hydrogen-bond acceptors (Lipinski definition) is 2. The van der Waals surface area contributed by atoms with Crippen molar-refractivity contribution in [2.45, 2.75) is 19.3 Å². The summed E-state index contributed by atoms with van der Waals surface area (Å²) in [6, 6.07) is 80.0. The number of para-hydroxylation sites is 2. The molecule has 2 nitrogen and oxygen atoms in total. The zero-order valence-corrected chi connectivity index (χ0v) is 40.0. The lowest BCUT2D eigenvalue weighted by molar-refractivity contribution is 0.484. The highest BCUT2D eigenvalue weighted by Crippen LogP contribution is 2.59. The lowest BCUT2D eigenvalue weighted by Gasteiger charge is -2.36. The molecule has 0 radical (unpaired) electrons. The molecular formula is C69H53NO. The van der Waals surface area contributed by atoms with E-state index in [1.54, 1.807) is 0 Å². The standard InChI is InChI=1S/C69H53NO/c1-5-9-24-50(7-3)53-27-22-28-54(46-53)52-38-41-59(42-39-52)70(60-33-23-29-55(47-60)51-25-14-11-15-26-51)61-43-45-65-64-44-40-56(63-36-20-21-37-68(63)71-62-34-18-13-19-35-62)48-66(64)69(67(65)49-61,57(8-4)30-10-6-2)58-31-16-12-17-32-58/h2,5,7-49H,3H2,1,4H3. The van der Waals surface area contributed by atoms with Crippen molar-refractivity contribution < 1.29 is 4.74 Å². The Labute approximate surface area is 419 Å². The lowest BCUT2D eigenvalue weighted by Crippen LogP contribution is -2.29. The number of rotatable bonds is 14. The molecule has 0 aliphatic heterocycles. The van der Waals surface area contributed by atoms with Gasteiger partial charge in [0.1, 0.15) is 11.5 Å². The van der Waals surface area contributed by atoms with Crippen LogP contribution in [0.5, 0.6) is 11.5 Å². The maximum Gasteiger partial charge on any atom is 0.135 e. The van der Waals surface area contributed by atoms with Crippen molar-refractivity contribution in [2.24, 2.45) is 0 Å². The Hall–Kier alpha value is -9.16. The second-order valence-corrected chi connectivity index (χ2v) is 17.5. The summed E-state index contributed by atoms with van der Waals surface area (Å²) in [5, 5.41) is 0. The van der Waals surface area contributed by atoms with Gasteiger partial charge >= 0.3 is 0 Å². The molecule has 1 unspecified atom stereocenters. The average Bonchev–Trinajstić information content (AvgIpc) is 3.72.